The zero-order valence-electron chi connectivity index (χ0n) is 16.7. The van der Waals surface area contributed by atoms with Crippen molar-refractivity contribution in [2.75, 3.05) is 0 Å². The van der Waals surface area contributed by atoms with E-state index in [-0.39, 0.29) is 18.0 Å². The fraction of sp³-hybridized carbons (Fsp3) is 0.217. The third kappa shape index (κ3) is 4.11. The zero-order valence-corrected chi connectivity index (χ0v) is 16.7. The molecule has 2 aromatic carbocycles. The molecule has 0 aliphatic rings. The molecule has 0 amide bonds. The van der Waals surface area contributed by atoms with Gasteiger partial charge in [0.2, 0.25) is 0 Å². The lowest BCUT2D eigenvalue weighted by Crippen LogP contribution is -2.16. The van der Waals surface area contributed by atoms with Crippen LogP contribution in [-0.2, 0) is 20.1 Å². The van der Waals surface area contributed by atoms with Gasteiger partial charge in [0.15, 0.2) is 0 Å². The largest absolute Gasteiger partial charge is 0.489 e. The second-order valence-corrected chi connectivity index (χ2v) is 7.30. The van der Waals surface area contributed by atoms with Crippen LogP contribution in [-0.4, -0.2) is 25.3 Å². The van der Waals surface area contributed by atoms with Crippen LogP contribution in [0, 0.1) is 5.82 Å². The SMILES string of the molecule is CC(O)Cc1nc2ccc(-n3ccc(OCc4ccc(F)cc4)cc3=O)cc2n1C. The number of benzene rings is 2. The van der Waals surface area contributed by atoms with E-state index in [9.17, 15) is 14.3 Å². The second-order valence-electron chi connectivity index (χ2n) is 7.30. The van der Waals surface area contributed by atoms with Crippen LogP contribution in [0.15, 0.2) is 65.6 Å². The van der Waals surface area contributed by atoms with Crippen LogP contribution >= 0.6 is 0 Å². The van der Waals surface area contributed by atoms with Gasteiger partial charge in [-0.25, -0.2) is 9.37 Å². The van der Waals surface area contributed by atoms with Crippen LogP contribution in [0.3, 0.4) is 0 Å². The Balaban J connectivity index is 1.57. The summed E-state index contributed by atoms with van der Waals surface area (Å²) in [6.45, 7) is 1.97. The van der Waals surface area contributed by atoms with Gasteiger partial charge in [0, 0.05) is 25.7 Å². The lowest BCUT2D eigenvalue weighted by Gasteiger charge is -2.10. The van der Waals surface area contributed by atoms with Crippen molar-refractivity contribution in [2.24, 2.45) is 7.05 Å². The van der Waals surface area contributed by atoms with Crippen LogP contribution in [0.1, 0.15) is 18.3 Å². The van der Waals surface area contributed by atoms with Crippen LogP contribution in [0.5, 0.6) is 5.75 Å². The van der Waals surface area contributed by atoms with E-state index in [1.165, 1.54) is 22.8 Å². The Morgan fingerprint density at radius 3 is 2.60 bits per heavy atom. The summed E-state index contributed by atoms with van der Waals surface area (Å²) < 4.78 is 22.1. The number of aliphatic hydroxyl groups is 1. The van der Waals surface area contributed by atoms with E-state index >= 15 is 0 Å². The van der Waals surface area contributed by atoms with E-state index < -0.39 is 6.10 Å². The van der Waals surface area contributed by atoms with Crippen LogP contribution in [0.2, 0.25) is 0 Å². The minimum absolute atomic E-state index is 0.225. The smallest absolute Gasteiger partial charge is 0.258 e. The van der Waals surface area contributed by atoms with Crippen molar-refractivity contribution in [2.45, 2.75) is 26.1 Å². The average Bonchev–Trinajstić information content (AvgIpc) is 3.02. The molecule has 0 radical (unpaired) electrons. The molecule has 2 heterocycles. The van der Waals surface area contributed by atoms with E-state index in [0.29, 0.717) is 17.9 Å². The number of hydrogen-bond acceptors (Lipinski definition) is 4. The molecule has 6 nitrogen and oxygen atoms in total. The number of halogens is 1. The minimum atomic E-state index is -0.481. The fourth-order valence-electron chi connectivity index (χ4n) is 3.34. The first kappa shape index (κ1) is 19.8. The maximum atomic E-state index is 13.0. The van der Waals surface area contributed by atoms with Crippen LogP contribution in [0.4, 0.5) is 4.39 Å². The Hall–Kier alpha value is -3.45. The van der Waals surface area contributed by atoms with Gasteiger partial charge in [-0.3, -0.25) is 9.36 Å². The van der Waals surface area contributed by atoms with Crippen molar-refractivity contribution in [1.29, 1.82) is 0 Å². The number of aromatic nitrogens is 3. The zero-order chi connectivity index (χ0) is 21.3. The van der Waals surface area contributed by atoms with Crippen molar-refractivity contribution in [3.63, 3.8) is 0 Å². The lowest BCUT2D eigenvalue weighted by molar-refractivity contribution is 0.192. The topological polar surface area (TPSA) is 69.3 Å². The molecule has 0 spiro atoms. The molecule has 4 aromatic rings. The van der Waals surface area contributed by atoms with Gasteiger partial charge in [0.25, 0.3) is 5.56 Å². The number of imidazole rings is 1. The Morgan fingerprint density at radius 1 is 1.13 bits per heavy atom. The molecule has 1 atom stereocenters. The van der Waals surface area contributed by atoms with Gasteiger partial charge in [-0.15, -0.1) is 0 Å². The number of rotatable bonds is 6. The third-order valence-corrected chi connectivity index (χ3v) is 4.92. The van der Waals surface area contributed by atoms with E-state index in [1.807, 2.05) is 29.8 Å². The molecule has 1 unspecified atom stereocenters. The third-order valence-electron chi connectivity index (χ3n) is 4.92. The predicted octanol–water partition coefficient (Wildman–Crippen LogP) is 3.37. The summed E-state index contributed by atoms with van der Waals surface area (Å²) >= 11 is 0. The number of fused-ring (bicyclic) bond motifs is 1. The van der Waals surface area contributed by atoms with Gasteiger partial charge in [-0.05, 0) is 48.9 Å². The highest BCUT2D eigenvalue weighted by Gasteiger charge is 2.12. The first-order valence-electron chi connectivity index (χ1n) is 9.64. The van der Waals surface area contributed by atoms with E-state index in [4.69, 9.17) is 4.74 Å². The average molecular weight is 407 g/mol. The van der Waals surface area contributed by atoms with Gasteiger partial charge in [-0.2, -0.15) is 0 Å². The highest BCUT2D eigenvalue weighted by molar-refractivity contribution is 5.78. The normalized spacial score (nSPS) is 12.3. The number of pyridine rings is 1. The molecule has 0 aliphatic heterocycles. The Morgan fingerprint density at radius 2 is 1.90 bits per heavy atom. The van der Waals surface area contributed by atoms with Crippen LogP contribution in [0.25, 0.3) is 16.7 Å². The molecule has 7 heteroatoms. The summed E-state index contributed by atoms with van der Waals surface area (Å²) in [4.78, 5) is 17.2. The lowest BCUT2D eigenvalue weighted by atomic mass is 10.2. The van der Waals surface area contributed by atoms with Crippen molar-refractivity contribution in [3.8, 4) is 11.4 Å². The van der Waals surface area contributed by atoms with Gasteiger partial charge in [-0.1, -0.05) is 12.1 Å². The number of aliphatic hydroxyl groups excluding tert-OH is 1. The van der Waals surface area contributed by atoms with Crippen molar-refractivity contribution in [1.82, 2.24) is 14.1 Å². The summed E-state index contributed by atoms with van der Waals surface area (Å²) in [5, 5.41) is 9.65. The molecule has 1 N–H and O–H groups in total. The summed E-state index contributed by atoms with van der Waals surface area (Å²) in [6, 6.07) is 14.8. The Labute approximate surface area is 172 Å². The number of hydrogen-bond donors (Lipinski definition) is 1. The van der Waals surface area contributed by atoms with Gasteiger partial charge < -0.3 is 14.4 Å². The summed E-state index contributed by atoms with van der Waals surface area (Å²) in [5.41, 5.74) is 2.99. The molecule has 0 saturated carbocycles. The molecular weight excluding hydrogens is 385 g/mol. The molecule has 30 heavy (non-hydrogen) atoms. The number of aryl methyl sites for hydroxylation is 1. The first-order chi connectivity index (χ1) is 14.4. The maximum Gasteiger partial charge on any atom is 0.258 e. The van der Waals surface area contributed by atoms with Gasteiger partial charge >= 0.3 is 0 Å². The molecule has 0 bridgehead atoms. The molecular formula is C23H22FN3O3. The summed E-state index contributed by atoms with van der Waals surface area (Å²) in [5.74, 6) is 0.931. The van der Waals surface area contributed by atoms with Crippen molar-refractivity contribution in [3.05, 3.63) is 88.4 Å². The molecule has 2 aromatic heterocycles. The molecule has 4 rings (SSSR count). The van der Waals surface area contributed by atoms with E-state index in [1.54, 1.807) is 31.3 Å². The summed E-state index contributed by atoms with van der Waals surface area (Å²) in [7, 11) is 1.89. The number of nitrogens with zero attached hydrogens (tertiary/aromatic N) is 3. The highest BCUT2D eigenvalue weighted by Crippen LogP contribution is 2.20. The molecule has 0 fully saturated rings. The molecule has 0 aliphatic carbocycles. The van der Waals surface area contributed by atoms with Gasteiger partial charge in [0.1, 0.15) is 24.0 Å². The number of ether oxygens (including phenoxy) is 1. The van der Waals surface area contributed by atoms with Crippen molar-refractivity contribution >= 4 is 11.0 Å². The molecule has 0 saturated heterocycles. The van der Waals surface area contributed by atoms with Gasteiger partial charge in [0.05, 0.1) is 22.8 Å². The van der Waals surface area contributed by atoms with E-state index in [0.717, 1.165) is 22.4 Å². The summed E-state index contributed by atoms with van der Waals surface area (Å²) in [6.07, 6.45) is 1.64. The van der Waals surface area contributed by atoms with E-state index in [2.05, 4.69) is 4.98 Å². The van der Waals surface area contributed by atoms with Crippen molar-refractivity contribution < 1.29 is 14.2 Å². The maximum absolute atomic E-state index is 13.0. The second kappa shape index (κ2) is 8.12. The predicted molar refractivity (Wildman–Crippen MR) is 112 cm³/mol. The monoisotopic (exact) mass is 407 g/mol. The molecule has 154 valence electrons. The standard InChI is InChI=1S/C23H22FN3O3/c1-15(28)11-22-25-20-8-7-18(12-21(20)26(22)2)27-10-9-19(13-23(27)29)30-14-16-3-5-17(24)6-4-16/h3-10,12-13,15,28H,11,14H2,1-2H3. The fourth-order valence-corrected chi connectivity index (χ4v) is 3.34. The quantitative estimate of drug-likeness (QED) is 0.532. The first-order valence-corrected chi connectivity index (χ1v) is 9.64. The Bertz CT molecular complexity index is 1240. The highest BCUT2D eigenvalue weighted by atomic mass is 19.1. The van der Waals surface area contributed by atoms with Crippen LogP contribution < -0.4 is 10.3 Å². The minimum Gasteiger partial charge on any atom is -0.489 e. The Kier molecular flexibility index (Phi) is 5.37.